The van der Waals surface area contributed by atoms with Gasteiger partial charge in [0.25, 0.3) is 0 Å². The van der Waals surface area contributed by atoms with Gasteiger partial charge in [-0.3, -0.25) is 4.68 Å². The van der Waals surface area contributed by atoms with Gasteiger partial charge in [-0.1, -0.05) is 24.3 Å². The quantitative estimate of drug-likeness (QED) is 0.920. The fourth-order valence-electron chi connectivity index (χ4n) is 3.72. The third kappa shape index (κ3) is 2.84. The number of carbonyl (C=O) groups is 1. The molecule has 2 aliphatic rings. The zero-order valence-corrected chi connectivity index (χ0v) is 14.0. The highest BCUT2D eigenvalue weighted by Crippen LogP contribution is 2.23. The van der Waals surface area contributed by atoms with Crippen molar-refractivity contribution in [1.29, 1.82) is 0 Å². The Labute approximate surface area is 142 Å². The Kier molecular flexibility index (Phi) is 3.88. The van der Waals surface area contributed by atoms with E-state index in [9.17, 15) is 4.79 Å². The lowest BCUT2D eigenvalue weighted by Crippen LogP contribution is -2.51. The number of piperidine rings is 1. The molecule has 1 atom stereocenters. The fourth-order valence-corrected chi connectivity index (χ4v) is 3.72. The number of carbonyl (C=O) groups excluding carboxylic acids is 1. The van der Waals surface area contributed by atoms with Crippen LogP contribution in [0.25, 0.3) is 0 Å². The van der Waals surface area contributed by atoms with E-state index in [1.165, 1.54) is 11.1 Å². The molecule has 0 spiro atoms. The minimum absolute atomic E-state index is 0.0445. The number of rotatable bonds is 2. The first kappa shape index (κ1) is 15.1. The predicted octanol–water partition coefficient (Wildman–Crippen LogP) is 2.11. The second-order valence-electron chi connectivity index (χ2n) is 6.67. The average Bonchev–Trinajstić information content (AvgIpc) is 3.21. The van der Waals surface area contributed by atoms with Crippen LogP contribution in [-0.4, -0.2) is 39.8 Å². The summed E-state index contributed by atoms with van der Waals surface area (Å²) in [5.41, 5.74) is 2.51. The Bertz CT molecular complexity index is 716. The summed E-state index contributed by atoms with van der Waals surface area (Å²) in [6, 6.07) is 10.5. The number of amides is 2. The van der Waals surface area contributed by atoms with Crippen molar-refractivity contribution in [3.05, 3.63) is 47.7 Å². The lowest BCUT2D eigenvalue weighted by atomic mass is 10.1. The highest BCUT2D eigenvalue weighted by molar-refractivity contribution is 5.75. The molecule has 0 saturated carbocycles. The molecule has 4 rings (SSSR count). The highest BCUT2D eigenvalue weighted by Gasteiger charge is 2.27. The maximum Gasteiger partial charge on any atom is 0.318 e. The number of nitrogens with zero attached hydrogens (tertiary/aromatic N) is 4. The van der Waals surface area contributed by atoms with Crippen LogP contribution in [0.15, 0.2) is 36.5 Å². The van der Waals surface area contributed by atoms with Crippen LogP contribution in [-0.2, 0) is 20.1 Å². The van der Waals surface area contributed by atoms with E-state index in [-0.39, 0.29) is 12.1 Å². The van der Waals surface area contributed by atoms with Gasteiger partial charge in [0, 0.05) is 45.3 Å². The van der Waals surface area contributed by atoms with Crippen molar-refractivity contribution in [1.82, 2.24) is 20.0 Å². The van der Waals surface area contributed by atoms with Gasteiger partial charge in [-0.2, -0.15) is 5.10 Å². The average molecular weight is 325 g/mol. The molecule has 0 bridgehead atoms. The number of aromatic nitrogens is 2. The fraction of sp³-hybridized carbons (Fsp3) is 0.444. The van der Waals surface area contributed by atoms with Gasteiger partial charge in [-0.05, 0) is 24.0 Å². The highest BCUT2D eigenvalue weighted by atomic mass is 16.2. The molecule has 1 aromatic carbocycles. The molecule has 2 amide bonds. The van der Waals surface area contributed by atoms with Crippen LogP contribution in [0.2, 0.25) is 0 Å². The van der Waals surface area contributed by atoms with Gasteiger partial charge in [0.1, 0.15) is 5.82 Å². The van der Waals surface area contributed by atoms with Crippen LogP contribution >= 0.6 is 0 Å². The molecule has 6 heteroatoms. The molecule has 0 aliphatic carbocycles. The van der Waals surface area contributed by atoms with Crippen LogP contribution in [0.3, 0.4) is 0 Å². The van der Waals surface area contributed by atoms with E-state index in [0.717, 1.165) is 31.7 Å². The second kappa shape index (κ2) is 6.19. The lowest BCUT2D eigenvalue weighted by molar-refractivity contribution is 0.192. The van der Waals surface area contributed by atoms with Gasteiger partial charge in [0.05, 0.1) is 6.20 Å². The van der Waals surface area contributed by atoms with Crippen LogP contribution in [0.1, 0.15) is 24.0 Å². The number of anilines is 1. The smallest absolute Gasteiger partial charge is 0.318 e. The van der Waals surface area contributed by atoms with Crippen LogP contribution in [0, 0.1) is 0 Å². The first-order valence-corrected chi connectivity index (χ1v) is 8.56. The maximum atomic E-state index is 12.6. The van der Waals surface area contributed by atoms with Gasteiger partial charge in [0.2, 0.25) is 0 Å². The number of hydrogen-bond donors (Lipinski definition) is 1. The van der Waals surface area contributed by atoms with Gasteiger partial charge in [0.15, 0.2) is 0 Å². The third-order valence-electron chi connectivity index (χ3n) is 5.00. The van der Waals surface area contributed by atoms with Gasteiger partial charge in [-0.25, -0.2) is 4.79 Å². The van der Waals surface area contributed by atoms with E-state index in [2.05, 4.69) is 27.4 Å². The number of aryl methyl sites for hydroxylation is 1. The summed E-state index contributed by atoms with van der Waals surface area (Å²) in [6.45, 7) is 3.27. The topological polar surface area (TPSA) is 53.4 Å². The van der Waals surface area contributed by atoms with Crippen molar-refractivity contribution in [3.8, 4) is 0 Å². The zero-order valence-electron chi connectivity index (χ0n) is 14.0. The van der Waals surface area contributed by atoms with E-state index in [4.69, 9.17) is 0 Å². The van der Waals surface area contributed by atoms with Gasteiger partial charge in [-0.15, -0.1) is 0 Å². The van der Waals surface area contributed by atoms with Crippen molar-refractivity contribution in [2.24, 2.45) is 7.05 Å². The molecule has 1 fully saturated rings. The number of benzene rings is 1. The minimum atomic E-state index is 0.0445. The molecular weight excluding hydrogens is 302 g/mol. The maximum absolute atomic E-state index is 12.6. The first-order valence-electron chi connectivity index (χ1n) is 8.56. The Balaban J connectivity index is 1.37. The van der Waals surface area contributed by atoms with Crippen molar-refractivity contribution < 1.29 is 4.79 Å². The van der Waals surface area contributed by atoms with Crippen molar-refractivity contribution >= 4 is 11.8 Å². The van der Waals surface area contributed by atoms with Gasteiger partial charge < -0.3 is 15.1 Å². The Morgan fingerprint density at radius 3 is 2.62 bits per heavy atom. The number of urea groups is 1. The zero-order chi connectivity index (χ0) is 16.5. The molecule has 1 unspecified atom stereocenters. The van der Waals surface area contributed by atoms with E-state index in [1.54, 1.807) is 0 Å². The summed E-state index contributed by atoms with van der Waals surface area (Å²) in [5.74, 6) is 1.11. The summed E-state index contributed by atoms with van der Waals surface area (Å²) in [7, 11) is 1.96. The second-order valence-corrected chi connectivity index (χ2v) is 6.67. The molecule has 126 valence electrons. The Hall–Kier alpha value is -2.50. The normalized spacial score (nSPS) is 20.1. The summed E-state index contributed by atoms with van der Waals surface area (Å²) >= 11 is 0. The molecule has 1 aromatic heterocycles. The summed E-state index contributed by atoms with van der Waals surface area (Å²) in [5, 5.41) is 7.47. The summed E-state index contributed by atoms with van der Waals surface area (Å²) in [4.78, 5) is 16.8. The molecular formula is C18H23N5O. The van der Waals surface area contributed by atoms with Crippen LogP contribution in [0.4, 0.5) is 10.6 Å². The molecule has 1 saturated heterocycles. The largest absolute Gasteiger partial charge is 0.355 e. The number of fused-ring (bicyclic) bond motifs is 1. The molecule has 24 heavy (non-hydrogen) atoms. The van der Waals surface area contributed by atoms with Crippen molar-refractivity contribution in [3.63, 3.8) is 0 Å². The number of nitrogens with one attached hydrogen (secondary N) is 1. The SMILES string of the molecule is Cn1nccc1N1CCCC(NC(=O)N2Cc3ccccc3C2)C1. The Morgan fingerprint density at radius 1 is 1.21 bits per heavy atom. The van der Waals surface area contributed by atoms with Crippen molar-refractivity contribution in [2.45, 2.75) is 32.0 Å². The molecule has 3 heterocycles. The molecule has 2 aromatic rings. The number of hydrogen-bond acceptors (Lipinski definition) is 3. The lowest BCUT2D eigenvalue weighted by Gasteiger charge is -2.35. The predicted molar refractivity (Wildman–Crippen MR) is 92.7 cm³/mol. The minimum Gasteiger partial charge on any atom is -0.355 e. The third-order valence-corrected chi connectivity index (χ3v) is 5.00. The van der Waals surface area contributed by atoms with Gasteiger partial charge >= 0.3 is 6.03 Å². The molecule has 2 aliphatic heterocycles. The van der Waals surface area contributed by atoms with Crippen molar-refractivity contribution in [2.75, 3.05) is 18.0 Å². The monoisotopic (exact) mass is 325 g/mol. The molecule has 1 N–H and O–H groups in total. The molecule has 6 nitrogen and oxygen atoms in total. The van der Waals surface area contributed by atoms with Crippen LogP contribution in [0.5, 0.6) is 0 Å². The van der Waals surface area contributed by atoms with E-state index >= 15 is 0 Å². The van der Waals surface area contributed by atoms with Crippen LogP contribution < -0.4 is 10.2 Å². The molecule has 0 radical (unpaired) electrons. The van der Waals surface area contributed by atoms with E-state index in [0.29, 0.717) is 13.1 Å². The van der Waals surface area contributed by atoms with E-state index in [1.807, 2.05) is 41.0 Å². The standard InChI is InChI=1S/C18H23N5O/c1-21-17(8-9-19-21)22-10-4-7-16(13-22)20-18(24)23-11-14-5-2-3-6-15(14)12-23/h2-3,5-6,8-9,16H,4,7,10-13H2,1H3,(H,20,24). The first-order chi connectivity index (χ1) is 11.7. The summed E-state index contributed by atoms with van der Waals surface area (Å²) in [6.07, 6.45) is 3.93. The Morgan fingerprint density at radius 2 is 1.96 bits per heavy atom. The summed E-state index contributed by atoms with van der Waals surface area (Å²) < 4.78 is 1.89. The van der Waals surface area contributed by atoms with E-state index < -0.39 is 0 Å².